The molecule has 2 aromatic heterocycles. The maximum atomic E-state index is 13.6. The molecular formula is C31H30FN5O5. The summed E-state index contributed by atoms with van der Waals surface area (Å²) in [4.78, 5) is 38.2. The number of hydrogen-bond acceptors (Lipinski definition) is 8. The van der Waals surface area contributed by atoms with Crippen molar-refractivity contribution in [2.45, 2.75) is 12.8 Å². The van der Waals surface area contributed by atoms with E-state index in [0.717, 1.165) is 32.8 Å². The van der Waals surface area contributed by atoms with Crippen LogP contribution in [0.3, 0.4) is 0 Å². The number of morpholine rings is 1. The standard InChI is InChI=1S/C31H30FN5O5/c32-21-1-3-22(4-2-21)37(30(39)31(10-11-31)29(33)38)23-5-7-24(8-6-23)42-27-9-12-34-26-19-28(35-20-25(26)27)41-18-15-36-13-16-40-17-14-36/h1-9,12,19-20H,10-11,13-18H2,(H2,33,38). The Hall–Kier alpha value is -4.61. The lowest BCUT2D eigenvalue weighted by Crippen LogP contribution is -2.41. The molecule has 4 aromatic rings. The largest absolute Gasteiger partial charge is 0.476 e. The highest BCUT2D eigenvalue weighted by Gasteiger charge is 2.57. The monoisotopic (exact) mass is 571 g/mol. The zero-order chi connectivity index (χ0) is 29.1. The Bertz CT molecular complexity index is 1590. The molecule has 0 bridgehead atoms. The third kappa shape index (κ3) is 5.74. The molecule has 0 radical (unpaired) electrons. The summed E-state index contributed by atoms with van der Waals surface area (Å²) in [5, 5.41) is 0.711. The molecule has 2 aromatic carbocycles. The number of amides is 2. The first kappa shape index (κ1) is 27.6. The van der Waals surface area contributed by atoms with Crippen LogP contribution >= 0.6 is 0 Å². The first-order valence-corrected chi connectivity index (χ1v) is 13.8. The number of hydrogen-bond donors (Lipinski definition) is 1. The second kappa shape index (κ2) is 11.7. The number of nitrogens with two attached hydrogens (primary N) is 1. The van der Waals surface area contributed by atoms with Gasteiger partial charge in [-0.2, -0.15) is 0 Å². The summed E-state index contributed by atoms with van der Waals surface area (Å²) in [6, 6.07) is 15.9. The summed E-state index contributed by atoms with van der Waals surface area (Å²) in [6.07, 6.45) is 4.08. The highest BCUT2D eigenvalue weighted by molar-refractivity contribution is 6.16. The van der Waals surface area contributed by atoms with Crippen molar-refractivity contribution in [1.82, 2.24) is 14.9 Å². The van der Waals surface area contributed by atoms with Crippen LogP contribution in [-0.4, -0.2) is 66.1 Å². The molecule has 42 heavy (non-hydrogen) atoms. The van der Waals surface area contributed by atoms with Gasteiger partial charge in [-0.3, -0.25) is 24.4 Å². The summed E-state index contributed by atoms with van der Waals surface area (Å²) in [5.41, 5.74) is 5.92. The Kier molecular flexibility index (Phi) is 7.68. The predicted octanol–water partition coefficient (Wildman–Crippen LogP) is 4.20. The molecule has 6 rings (SSSR count). The molecule has 2 aliphatic rings. The van der Waals surface area contributed by atoms with Crippen molar-refractivity contribution in [3.05, 3.63) is 78.9 Å². The van der Waals surface area contributed by atoms with Crippen LogP contribution < -0.4 is 20.1 Å². The van der Waals surface area contributed by atoms with Gasteiger partial charge in [0.05, 0.1) is 24.1 Å². The number of rotatable bonds is 10. The number of pyridine rings is 2. The van der Waals surface area contributed by atoms with E-state index >= 15 is 0 Å². The fraction of sp³-hybridized carbons (Fsp3) is 0.290. The SMILES string of the molecule is NC(=O)C1(C(=O)N(c2ccc(F)cc2)c2ccc(Oc3ccnc4cc(OCCN5CCOCC5)ncc34)cc2)CC1. The smallest absolute Gasteiger partial charge is 0.247 e. The summed E-state index contributed by atoms with van der Waals surface area (Å²) in [6.45, 7) is 4.58. The van der Waals surface area contributed by atoms with Gasteiger partial charge in [-0.05, 0) is 67.4 Å². The van der Waals surface area contributed by atoms with Gasteiger partial charge in [0, 0.05) is 49.5 Å². The topological polar surface area (TPSA) is 120 Å². The number of ether oxygens (including phenoxy) is 3. The van der Waals surface area contributed by atoms with Crippen LogP contribution in [0.15, 0.2) is 73.1 Å². The molecule has 1 aliphatic heterocycles. The minimum atomic E-state index is -1.25. The van der Waals surface area contributed by atoms with Gasteiger partial charge in [-0.1, -0.05) is 0 Å². The van der Waals surface area contributed by atoms with E-state index < -0.39 is 23.0 Å². The van der Waals surface area contributed by atoms with Gasteiger partial charge in [0.1, 0.15) is 29.3 Å². The zero-order valence-electron chi connectivity index (χ0n) is 22.9. The third-order valence-corrected chi connectivity index (χ3v) is 7.56. The van der Waals surface area contributed by atoms with E-state index in [4.69, 9.17) is 19.9 Å². The number of fused-ring (bicyclic) bond motifs is 1. The number of benzene rings is 2. The number of carbonyl (C=O) groups is 2. The number of anilines is 2. The van der Waals surface area contributed by atoms with Crippen LogP contribution in [0.1, 0.15) is 12.8 Å². The van der Waals surface area contributed by atoms with Crippen molar-refractivity contribution >= 4 is 34.1 Å². The van der Waals surface area contributed by atoms with Crippen LogP contribution in [-0.2, 0) is 14.3 Å². The van der Waals surface area contributed by atoms with Crippen LogP contribution in [0.4, 0.5) is 15.8 Å². The van der Waals surface area contributed by atoms with Gasteiger partial charge in [0.25, 0.3) is 0 Å². The lowest BCUT2D eigenvalue weighted by molar-refractivity contribution is -0.133. The minimum Gasteiger partial charge on any atom is -0.476 e. The Morgan fingerprint density at radius 2 is 1.69 bits per heavy atom. The second-order valence-corrected chi connectivity index (χ2v) is 10.3. The van der Waals surface area contributed by atoms with Gasteiger partial charge in [-0.15, -0.1) is 0 Å². The molecular weight excluding hydrogens is 541 g/mol. The van der Waals surface area contributed by atoms with Crippen molar-refractivity contribution in [2.75, 3.05) is 44.4 Å². The Labute approximate surface area is 241 Å². The van der Waals surface area contributed by atoms with E-state index in [2.05, 4.69) is 14.9 Å². The average Bonchev–Trinajstić information content (AvgIpc) is 3.82. The number of nitrogens with zero attached hydrogens (tertiary/aromatic N) is 4. The number of aromatic nitrogens is 2. The van der Waals surface area contributed by atoms with E-state index in [-0.39, 0.29) is 0 Å². The number of halogens is 1. The zero-order valence-corrected chi connectivity index (χ0v) is 22.9. The Morgan fingerprint density at radius 1 is 1.00 bits per heavy atom. The molecule has 10 nitrogen and oxygen atoms in total. The number of carbonyl (C=O) groups excluding carboxylic acids is 2. The molecule has 1 saturated carbocycles. The van der Waals surface area contributed by atoms with Gasteiger partial charge in [0.15, 0.2) is 0 Å². The summed E-state index contributed by atoms with van der Waals surface area (Å²) < 4.78 is 31.0. The fourth-order valence-electron chi connectivity index (χ4n) is 4.94. The van der Waals surface area contributed by atoms with Crippen LogP contribution in [0.5, 0.6) is 17.4 Å². The van der Waals surface area contributed by atoms with E-state index in [1.807, 2.05) is 0 Å². The van der Waals surface area contributed by atoms with Crippen LogP contribution in [0.25, 0.3) is 10.9 Å². The first-order chi connectivity index (χ1) is 20.4. The van der Waals surface area contributed by atoms with E-state index in [0.29, 0.717) is 59.1 Å². The van der Waals surface area contributed by atoms with Gasteiger partial charge < -0.3 is 19.9 Å². The molecule has 216 valence electrons. The van der Waals surface area contributed by atoms with E-state index in [1.165, 1.54) is 29.2 Å². The highest BCUT2D eigenvalue weighted by atomic mass is 19.1. The first-order valence-electron chi connectivity index (χ1n) is 13.8. The van der Waals surface area contributed by atoms with Gasteiger partial charge in [0.2, 0.25) is 17.7 Å². The lowest BCUT2D eigenvalue weighted by Gasteiger charge is -2.26. The second-order valence-electron chi connectivity index (χ2n) is 10.3. The van der Waals surface area contributed by atoms with Gasteiger partial charge >= 0.3 is 0 Å². The van der Waals surface area contributed by atoms with Crippen molar-refractivity contribution in [1.29, 1.82) is 0 Å². The van der Waals surface area contributed by atoms with Crippen LogP contribution in [0, 0.1) is 11.2 Å². The lowest BCUT2D eigenvalue weighted by atomic mass is 10.0. The maximum absolute atomic E-state index is 13.6. The Morgan fingerprint density at radius 3 is 2.36 bits per heavy atom. The fourth-order valence-corrected chi connectivity index (χ4v) is 4.94. The molecule has 1 saturated heterocycles. The summed E-state index contributed by atoms with van der Waals surface area (Å²) in [5.74, 6) is 0.0149. The predicted molar refractivity (Wildman–Crippen MR) is 153 cm³/mol. The molecule has 2 amide bonds. The summed E-state index contributed by atoms with van der Waals surface area (Å²) in [7, 11) is 0. The molecule has 0 spiro atoms. The molecule has 2 N–H and O–H groups in total. The van der Waals surface area contributed by atoms with Crippen molar-refractivity contribution in [3.8, 4) is 17.4 Å². The maximum Gasteiger partial charge on any atom is 0.247 e. The molecule has 1 aliphatic carbocycles. The van der Waals surface area contributed by atoms with E-state index in [9.17, 15) is 14.0 Å². The summed E-state index contributed by atoms with van der Waals surface area (Å²) >= 11 is 0. The molecule has 3 heterocycles. The highest BCUT2D eigenvalue weighted by Crippen LogP contribution is 2.49. The van der Waals surface area contributed by atoms with Crippen molar-refractivity contribution < 1.29 is 28.2 Å². The third-order valence-electron chi connectivity index (χ3n) is 7.56. The minimum absolute atomic E-state index is 0.379. The quantitative estimate of drug-likeness (QED) is 0.281. The normalized spacial score (nSPS) is 16.1. The van der Waals surface area contributed by atoms with Crippen LogP contribution in [0.2, 0.25) is 0 Å². The van der Waals surface area contributed by atoms with Crippen molar-refractivity contribution in [2.24, 2.45) is 11.1 Å². The molecule has 0 unspecified atom stereocenters. The van der Waals surface area contributed by atoms with E-state index in [1.54, 1.807) is 48.8 Å². The molecule has 11 heteroatoms. The number of primary amides is 1. The molecule has 2 fully saturated rings. The molecule has 0 atom stereocenters. The van der Waals surface area contributed by atoms with Gasteiger partial charge in [-0.25, -0.2) is 9.37 Å². The Balaban J connectivity index is 1.18. The average molecular weight is 572 g/mol. The van der Waals surface area contributed by atoms with Crippen molar-refractivity contribution in [3.63, 3.8) is 0 Å².